The number of pyridine rings is 1. The molecule has 86 valence electrons. The third kappa shape index (κ3) is 2.34. The minimum absolute atomic E-state index is 0.514. The molecule has 0 saturated heterocycles. The van der Waals surface area contributed by atoms with Crippen LogP contribution in [-0.2, 0) is 12.8 Å². The van der Waals surface area contributed by atoms with Crippen LogP contribution in [-0.4, -0.2) is 15.2 Å². The fourth-order valence-electron chi connectivity index (χ4n) is 1.89. The number of aromatic amines is 1. The summed E-state index contributed by atoms with van der Waals surface area (Å²) in [5.41, 5.74) is 4.17. The SMILES string of the molecule is CCc1[nH]nc(-c2cccnc2)c1CCC#N. The van der Waals surface area contributed by atoms with Crippen molar-refractivity contribution in [1.29, 1.82) is 5.26 Å². The molecule has 1 N–H and O–H groups in total. The molecule has 2 rings (SSSR count). The number of aromatic nitrogens is 3. The Labute approximate surface area is 100 Å². The summed E-state index contributed by atoms with van der Waals surface area (Å²) < 4.78 is 0. The van der Waals surface area contributed by atoms with E-state index in [2.05, 4.69) is 28.2 Å². The van der Waals surface area contributed by atoms with Gasteiger partial charge in [-0.15, -0.1) is 0 Å². The lowest BCUT2D eigenvalue weighted by Crippen LogP contribution is -1.92. The summed E-state index contributed by atoms with van der Waals surface area (Å²) in [6.07, 6.45) is 5.69. The Bertz CT molecular complexity index is 522. The van der Waals surface area contributed by atoms with Crippen LogP contribution in [0.4, 0.5) is 0 Å². The monoisotopic (exact) mass is 226 g/mol. The Morgan fingerprint density at radius 3 is 3.00 bits per heavy atom. The highest BCUT2D eigenvalue weighted by atomic mass is 15.1. The molecule has 0 fully saturated rings. The van der Waals surface area contributed by atoms with Gasteiger partial charge in [-0.05, 0) is 25.0 Å². The average Bonchev–Trinajstić information content (AvgIpc) is 2.80. The Kier molecular flexibility index (Phi) is 3.51. The summed E-state index contributed by atoms with van der Waals surface area (Å²) >= 11 is 0. The number of nitrogens with one attached hydrogen (secondary N) is 1. The number of rotatable bonds is 4. The summed E-state index contributed by atoms with van der Waals surface area (Å²) in [5, 5.41) is 16.1. The molecule has 2 aromatic heterocycles. The maximum Gasteiger partial charge on any atom is 0.0971 e. The predicted molar refractivity (Wildman–Crippen MR) is 65.1 cm³/mol. The molecule has 0 unspecified atom stereocenters. The van der Waals surface area contributed by atoms with Crippen molar-refractivity contribution in [2.24, 2.45) is 0 Å². The van der Waals surface area contributed by atoms with Crippen LogP contribution < -0.4 is 0 Å². The van der Waals surface area contributed by atoms with Crippen molar-refractivity contribution in [2.45, 2.75) is 26.2 Å². The number of hydrogen-bond acceptors (Lipinski definition) is 3. The van der Waals surface area contributed by atoms with Gasteiger partial charge in [-0.3, -0.25) is 10.1 Å². The fourth-order valence-corrected chi connectivity index (χ4v) is 1.89. The predicted octanol–water partition coefficient (Wildman–Crippen LogP) is 2.49. The molecule has 0 spiro atoms. The normalized spacial score (nSPS) is 10.1. The van der Waals surface area contributed by atoms with E-state index in [4.69, 9.17) is 5.26 Å². The third-order valence-corrected chi connectivity index (χ3v) is 2.73. The minimum Gasteiger partial charge on any atom is -0.282 e. The second-order valence-corrected chi connectivity index (χ2v) is 3.78. The van der Waals surface area contributed by atoms with Crippen LogP contribution in [0.25, 0.3) is 11.3 Å². The van der Waals surface area contributed by atoms with E-state index in [1.807, 2.05) is 12.1 Å². The Morgan fingerprint density at radius 1 is 1.47 bits per heavy atom. The lowest BCUT2D eigenvalue weighted by Gasteiger charge is -2.02. The Hall–Kier alpha value is -2.15. The summed E-state index contributed by atoms with van der Waals surface area (Å²) in [4.78, 5) is 4.10. The number of H-pyrrole nitrogens is 1. The molecule has 0 aromatic carbocycles. The summed E-state index contributed by atoms with van der Waals surface area (Å²) in [5.74, 6) is 0. The average molecular weight is 226 g/mol. The van der Waals surface area contributed by atoms with Crippen molar-refractivity contribution in [3.05, 3.63) is 35.8 Å². The van der Waals surface area contributed by atoms with Crippen LogP contribution >= 0.6 is 0 Å². The number of hydrogen-bond donors (Lipinski definition) is 1. The lowest BCUT2D eigenvalue weighted by atomic mass is 10.0. The zero-order chi connectivity index (χ0) is 12.1. The van der Waals surface area contributed by atoms with Crippen LogP contribution in [0.15, 0.2) is 24.5 Å². The zero-order valence-electron chi connectivity index (χ0n) is 9.77. The topological polar surface area (TPSA) is 65.4 Å². The highest BCUT2D eigenvalue weighted by molar-refractivity contribution is 5.63. The highest BCUT2D eigenvalue weighted by Gasteiger charge is 2.13. The van der Waals surface area contributed by atoms with E-state index in [-0.39, 0.29) is 0 Å². The van der Waals surface area contributed by atoms with E-state index >= 15 is 0 Å². The van der Waals surface area contributed by atoms with Crippen LogP contribution in [0.5, 0.6) is 0 Å². The highest BCUT2D eigenvalue weighted by Crippen LogP contribution is 2.24. The van der Waals surface area contributed by atoms with Gasteiger partial charge in [0.05, 0.1) is 11.8 Å². The first-order chi connectivity index (χ1) is 8.36. The standard InChI is InChI=1S/C13H14N4/c1-2-12-11(6-3-7-14)13(17-16-12)10-5-4-8-15-9-10/h4-5,8-9H,2-3,6H2,1H3,(H,16,17). The first-order valence-corrected chi connectivity index (χ1v) is 5.70. The van der Waals surface area contributed by atoms with Crippen LogP contribution in [0, 0.1) is 11.3 Å². The van der Waals surface area contributed by atoms with Gasteiger partial charge < -0.3 is 0 Å². The van der Waals surface area contributed by atoms with Gasteiger partial charge >= 0.3 is 0 Å². The van der Waals surface area contributed by atoms with Gasteiger partial charge in [0.2, 0.25) is 0 Å². The lowest BCUT2D eigenvalue weighted by molar-refractivity contribution is 0.936. The van der Waals surface area contributed by atoms with Crippen LogP contribution in [0.1, 0.15) is 24.6 Å². The molecular weight excluding hydrogens is 212 g/mol. The third-order valence-electron chi connectivity index (χ3n) is 2.73. The van der Waals surface area contributed by atoms with Crippen molar-refractivity contribution in [3.63, 3.8) is 0 Å². The summed E-state index contributed by atoms with van der Waals surface area (Å²) in [6, 6.07) is 6.06. The zero-order valence-corrected chi connectivity index (χ0v) is 9.77. The second kappa shape index (κ2) is 5.26. The Morgan fingerprint density at radius 2 is 2.35 bits per heavy atom. The van der Waals surface area contributed by atoms with Crippen molar-refractivity contribution in [1.82, 2.24) is 15.2 Å². The fraction of sp³-hybridized carbons (Fsp3) is 0.308. The molecule has 0 atom stereocenters. The number of nitrogens with zero attached hydrogens (tertiary/aromatic N) is 3. The molecule has 4 heteroatoms. The smallest absolute Gasteiger partial charge is 0.0971 e. The van der Waals surface area contributed by atoms with Crippen molar-refractivity contribution in [2.75, 3.05) is 0 Å². The molecule has 4 nitrogen and oxygen atoms in total. The first kappa shape index (κ1) is 11.3. The van der Waals surface area contributed by atoms with E-state index in [1.54, 1.807) is 12.4 Å². The van der Waals surface area contributed by atoms with Gasteiger partial charge in [-0.2, -0.15) is 10.4 Å². The molecule has 2 heterocycles. The summed E-state index contributed by atoms with van der Waals surface area (Å²) in [6.45, 7) is 2.08. The van der Waals surface area contributed by atoms with Gasteiger partial charge in [0, 0.05) is 35.6 Å². The molecule has 0 radical (unpaired) electrons. The molecule has 0 aliphatic rings. The molecular formula is C13H14N4. The van der Waals surface area contributed by atoms with E-state index < -0.39 is 0 Å². The van der Waals surface area contributed by atoms with Gasteiger partial charge in [-0.1, -0.05) is 6.92 Å². The summed E-state index contributed by atoms with van der Waals surface area (Å²) in [7, 11) is 0. The first-order valence-electron chi connectivity index (χ1n) is 5.70. The van der Waals surface area contributed by atoms with Crippen molar-refractivity contribution in [3.8, 4) is 17.3 Å². The molecule has 17 heavy (non-hydrogen) atoms. The van der Waals surface area contributed by atoms with E-state index in [0.29, 0.717) is 6.42 Å². The maximum atomic E-state index is 8.70. The van der Waals surface area contributed by atoms with Gasteiger partial charge in [0.25, 0.3) is 0 Å². The van der Waals surface area contributed by atoms with E-state index in [9.17, 15) is 0 Å². The molecule has 0 bridgehead atoms. The molecule has 0 aliphatic heterocycles. The van der Waals surface area contributed by atoms with Crippen LogP contribution in [0.3, 0.4) is 0 Å². The largest absolute Gasteiger partial charge is 0.282 e. The Balaban J connectivity index is 2.41. The van der Waals surface area contributed by atoms with Crippen LogP contribution in [0.2, 0.25) is 0 Å². The maximum absolute atomic E-state index is 8.70. The van der Waals surface area contributed by atoms with Gasteiger partial charge in [0.15, 0.2) is 0 Å². The molecule has 0 saturated carbocycles. The second-order valence-electron chi connectivity index (χ2n) is 3.78. The molecule has 0 aliphatic carbocycles. The number of nitriles is 1. The number of aryl methyl sites for hydroxylation is 1. The van der Waals surface area contributed by atoms with Crippen molar-refractivity contribution >= 4 is 0 Å². The molecule has 0 amide bonds. The van der Waals surface area contributed by atoms with Gasteiger partial charge in [0.1, 0.15) is 0 Å². The van der Waals surface area contributed by atoms with E-state index in [1.165, 1.54) is 0 Å². The van der Waals surface area contributed by atoms with Crippen molar-refractivity contribution < 1.29 is 0 Å². The van der Waals surface area contributed by atoms with E-state index in [0.717, 1.165) is 35.4 Å². The van der Waals surface area contributed by atoms with Gasteiger partial charge in [-0.25, -0.2) is 0 Å². The molecule has 2 aromatic rings. The quantitative estimate of drug-likeness (QED) is 0.871. The minimum atomic E-state index is 0.514.